The first kappa shape index (κ1) is 11.9. The van der Waals surface area contributed by atoms with Crippen LogP contribution in [0.3, 0.4) is 0 Å². The van der Waals surface area contributed by atoms with Crippen LogP contribution in [0.2, 0.25) is 0 Å². The monoisotopic (exact) mass is 235 g/mol. The number of nitrogens with zero attached hydrogens (tertiary/aromatic N) is 1. The number of nitrogens with one attached hydrogen (secondary N) is 2. The number of amidine groups is 1. The topological polar surface area (TPSA) is 76.9 Å². The second-order valence-corrected chi connectivity index (χ2v) is 3.96. The summed E-state index contributed by atoms with van der Waals surface area (Å²) in [7, 11) is 0. The minimum atomic E-state index is -0.736. The van der Waals surface area contributed by atoms with Crippen LogP contribution in [0.5, 0.6) is 0 Å². The normalized spacial score (nSPS) is 16.2. The van der Waals surface area contributed by atoms with Crippen molar-refractivity contribution in [3.8, 4) is 0 Å². The van der Waals surface area contributed by atoms with E-state index in [9.17, 15) is 5.11 Å². The van der Waals surface area contributed by atoms with Gasteiger partial charge in [-0.15, -0.1) is 0 Å². The van der Waals surface area contributed by atoms with Gasteiger partial charge in [0.2, 0.25) is 0 Å². The Morgan fingerprint density at radius 2 is 2.35 bits per heavy atom. The Balaban J connectivity index is 2.01. The molecule has 0 aliphatic carbocycles. The number of benzene rings is 1. The number of aliphatic imine (C=N–C) groups is 1. The fourth-order valence-corrected chi connectivity index (χ4v) is 1.67. The fraction of sp³-hybridized carbons (Fsp3) is 0.417. The van der Waals surface area contributed by atoms with E-state index in [1.165, 1.54) is 0 Å². The number of hydrogen-bond donors (Lipinski definition) is 4. The van der Waals surface area contributed by atoms with Crippen LogP contribution in [0.1, 0.15) is 5.56 Å². The Morgan fingerprint density at radius 3 is 3.06 bits per heavy atom. The van der Waals surface area contributed by atoms with Gasteiger partial charge in [-0.05, 0) is 12.1 Å². The average molecular weight is 235 g/mol. The lowest BCUT2D eigenvalue weighted by Crippen LogP contribution is -2.23. The molecule has 0 amide bonds. The molecule has 0 aromatic heterocycles. The molecule has 5 heteroatoms. The second-order valence-electron chi connectivity index (χ2n) is 3.96. The van der Waals surface area contributed by atoms with Gasteiger partial charge in [-0.3, -0.25) is 4.99 Å². The lowest BCUT2D eigenvalue weighted by molar-refractivity contribution is 0.105. The maximum absolute atomic E-state index is 9.25. The molecule has 0 saturated heterocycles. The van der Waals surface area contributed by atoms with E-state index in [2.05, 4.69) is 15.6 Å². The molecule has 1 atom stereocenters. The van der Waals surface area contributed by atoms with Crippen LogP contribution in [-0.2, 0) is 0 Å². The van der Waals surface area contributed by atoms with Crippen molar-refractivity contribution in [3.05, 3.63) is 29.8 Å². The van der Waals surface area contributed by atoms with E-state index in [4.69, 9.17) is 5.11 Å². The van der Waals surface area contributed by atoms with Crippen LogP contribution in [0, 0.1) is 0 Å². The van der Waals surface area contributed by atoms with Crippen LogP contribution in [0.25, 0.3) is 0 Å². The van der Waals surface area contributed by atoms with E-state index in [1.54, 1.807) is 0 Å². The van der Waals surface area contributed by atoms with Gasteiger partial charge in [0.1, 0.15) is 5.84 Å². The predicted molar refractivity (Wildman–Crippen MR) is 67.4 cm³/mol. The highest BCUT2D eigenvalue weighted by atomic mass is 16.3. The minimum Gasteiger partial charge on any atom is -0.394 e. The molecule has 0 radical (unpaired) electrons. The molecule has 1 aromatic carbocycles. The van der Waals surface area contributed by atoms with E-state index in [1.807, 2.05) is 24.3 Å². The van der Waals surface area contributed by atoms with Crippen molar-refractivity contribution in [3.63, 3.8) is 0 Å². The first-order valence-corrected chi connectivity index (χ1v) is 5.71. The first-order valence-electron chi connectivity index (χ1n) is 5.71. The number of aliphatic hydroxyl groups is 2. The van der Waals surface area contributed by atoms with Crippen LogP contribution in [0.15, 0.2) is 29.3 Å². The highest BCUT2D eigenvalue weighted by Gasteiger charge is 2.08. The Bertz CT molecular complexity index is 406. The molecule has 92 valence electrons. The molecule has 0 fully saturated rings. The van der Waals surface area contributed by atoms with Crippen molar-refractivity contribution in [1.82, 2.24) is 5.32 Å². The van der Waals surface area contributed by atoms with Crippen molar-refractivity contribution in [2.75, 3.05) is 31.6 Å². The number of aliphatic hydroxyl groups excluding tert-OH is 2. The third kappa shape index (κ3) is 3.18. The third-order valence-corrected chi connectivity index (χ3v) is 2.56. The standard InChI is InChI=1S/C12H17N3O2/c16-8-11(17)7-15-10-3-1-2-9(6-10)12-13-4-5-14-12/h1-3,6,11,15-17H,4-5,7-8H2,(H,13,14). The van der Waals surface area contributed by atoms with Gasteiger partial charge in [-0.1, -0.05) is 12.1 Å². The van der Waals surface area contributed by atoms with Crippen LogP contribution in [0.4, 0.5) is 5.69 Å². The van der Waals surface area contributed by atoms with Crippen LogP contribution < -0.4 is 10.6 Å². The average Bonchev–Trinajstić information content (AvgIpc) is 2.90. The summed E-state index contributed by atoms with van der Waals surface area (Å²) in [5, 5.41) is 24.2. The van der Waals surface area contributed by atoms with E-state index in [-0.39, 0.29) is 6.61 Å². The Hall–Kier alpha value is -1.59. The van der Waals surface area contributed by atoms with Crippen LogP contribution >= 0.6 is 0 Å². The summed E-state index contributed by atoms with van der Waals surface area (Å²) in [6.07, 6.45) is -0.736. The molecule has 1 aliphatic rings. The van der Waals surface area contributed by atoms with Gasteiger partial charge in [0, 0.05) is 24.3 Å². The summed E-state index contributed by atoms with van der Waals surface area (Å²) < 4.78 is 0. The van der Waals surface area contributed by atoms with Crippen molar-refractivity contribution in [2.45, 2.75) is 6.10 Å². The molecule has 4 N–H and O–H groups in total. The number of anilines is 1. The zero-order valence-electron chi connectivity index (χ0n) is 9.56. The van der Waals surface area contributed by atoms with Crippen molar-refractivity contribution >= 4 is 11.5 Å². The van der Waals surface area contributed by atoms with Gasteiger partial charge < -0.3 is 20.8 Å². The summed E-state index contributed by atoms with van der Waals surface area (Å²) in [6, 6.07) is 7.82. The maximum Gasteiger partial charge on any atom is 0.128 e. The van der Waals surface area contributed by atoms with Crippen molar-refractivity contribution in [1.29, 1.82) is 0 Å². The first-order chi connectivity index (χ1) is 8.29. The van der Waals surface area contributed by atoms with Crippen molar-refractivity contribution < 1.29 is 10.2 Å². The summed E-state index contributed by atoms with van der Waals surface area (Å²) in [5.74, 6) is 0.913. The molecule has 0 saturated carbocycles. The molecule has 1 aliphatic heterocycles. The lowest BCUT2D eigenvalue weighted by atomic mass is 10.2. The summed E-state index contributed by atoms with van der Waals surface area (Å²) >= 11 is 0. The quantitative estimate of drug-likeness (QED) is 0.570. The maximum atomic E-state index is 9.25. The van der Waals surface area contributed by atoms with Gasteiger partial charge >= 0.3 is 0 Å². The van der Waals surface area contributed by atoms with Gasteiger partial charge in [-0.25, -0.2) is 0 Å². The molecule has 1 heterocycles. The summed E-state index contributed by atoms with van der Waals surface area (Å²) in [4.78, 5) is 4.35. The van der Waals surface area contributed by atoms with E-state index < -0.39 is 6.10 Å². The number of hydrogen-bond acceptors (Lipinski definition) is 5. The Labute approximate surface area is 100 Å². The summed E-state index contributed by atoms with van der Waals surface area (Å²) in [5.41, 5.74) is 1.94. The molecule has 17 heavy (non-hydrogen) atoms. The zero-order chi connectivity index (χ0) is 12.1. The molecule has 1 aromatic rings. The highest BCUT2D eigenvalue weighted by molar-refractivity contribution is 6.00. The SMILES string of the molecule is OCC(O)CNc1cccc(C2=NCCN2)c1. The molecule has 1 unspecified atom stereocenters. The fourth-order valence-electron chi connectivity index (χ4n) is 1.67. The van der Waals surface area contributed by atoms with E-state index >= 15 is 0 Å². The molecular weight excluding hydrogens is 218 g/mol. The van der Waals surface area contributed by atoms with Gasteiger partial charge in [0.25, 0.3) is 0 Å². The second kappa shape index (κ2) is 5.65. The van der Waals surface area contributed by atoms with Crippen molar-refractivity contribution in [2.24, 2.45) is 4.99 Å². The predicted octanol–water partition coefficient (Wildman–Crippen LogP) is -0.199. The largest absolute Gasteiger partial charge is 0.394 e. The highest BCUT2D eigenvalue weighted by Crippen LogP contribution is 2.12. The number of rotatable bonds is 5. The van der Waals surface area contributed by atoms with E-state index in [0.29, 0.717) is 6.54 Å². The smallest absolute Gasteiger partial charge is 0.128 e. The molecule has 0 bridgehead atoms. The van der Waals surface area contributed by atoms with Gasteiger partial charge in [0.05, 0.1) is 19.3 Å². The Morgan fingerprint density at radius 1 is 1.47 bits per heavy atom. The third-order valence-electron chi connectivity index (χ3n) is 2.56. The molecule has 2 rings (SSSR count). The van der Waals surface area contributed by atoms with E-state index in [0.717, 1.165) is 30.2 Å². The molecule has 0 spiro atoms. The summed E-state index contributed by atoms with van der Waals surface area (Å²) in [6.45, 7) is 1.80. The zero-order valence-corrected chi connectivity index (χ0v) is 9.56. The molecule has 5 nitrogen and oxygen atoms in total. The van der Waals surface area contributed by atoms with Crippen LogP contribution in [-0.4, -0.2) is 48.4 Å². The van der Waals surface area contributed by atoms with Gasteiger partial charge in [0.15, 0.2) is 0 Å². The minimum absolute atomic E-state index is 0.235. The lowest BCUT2D eigenvalue weighted by Gasteiger charge is -2.11. The Kier molecular flexibility index (Phi) is 3.95. The molecular formula is C12H17N3O2. The van der Waals surface area contributed by atoms with Gasteiger partial charge in [-0.2, -0.15) is 0 Å².